The molecule has 0 saturated carbocycles. The zero-order valence-corrected chi connectivity index (χ0v) is 9.41. The van der Waals surface area contributed by atoms with Crippen LogP contribution in [0, 0.1) is 0 Å². The molecule has 1 aliphatic carbocycles. The van der Waals surface area contributed by atoms with Crippen molar-refractivity contribution in [3.63, 3.8) is 0 Å². The van der Waals surface area contributed by atoms with Gasteiger partial charge in [-0.1, -0.05) is 35.3 Å². The van der Waals surface area contributed by atoms with Gasteiger partial charge < -0.3 is 0 Å². The lowest BCUT2D eigenvalue weighted by atomic mass is 9.94. The Hall–Kier alpha value is -0.460. The molecule has 2 heteroatoms. The molecular weight excluding hydrogens is 215 g/mol. The molecule has 0 heterocycles. The van der Waals surface area contributed by atoms with Crippen molar-refractivity contribution in [3.05, 3.63) is 39.9 Å². The fourth-order valence-electron chi connectivity index (χ4n) is 1.83. The van der Waals surface area contributed by atoms with E-state index >= 15 is 0 Å². The average molecular weight is 227 g/mol. The monoisotopic (exact) mass is 226 g/mol. The van der Waals surface area contributed by atoms with Crippen LogP contribution >= 0.6 is 23.2 Å². The maximum Gasteiger partial charge on any atom is 0.0495 e. The summed E-state index contributed by atoms with van der Waals surface area (Å²) in [7, 11) is 0. The van der Waals surface area contributed by atoms with Gasteiger partial charge in [0.25, 0.3) is 0 Å². The van der Waals surface area contributed by atoms with Gasteiger partial charge in [-0.3, -0.25) is 0 Å². The van der Waals surface area contributed by atoms with Crippen LogP contribution in [0.1, 0.15) is 31.2 Å². The molecular formula is C12H12Cl2. The maximum absolute atomic E-state index is 6.14. The molecule has 14 heavy (non-hydrogen) atoms. The van der Waals surface area contributed by atoms with E-state index in [9.17, 15) is 0 Å². The topological polar surface area (TPSA) is 0 Å². The summed E-state index contributed by atoms with van der Waals surface area (Å²) < 4.78 is 0. The minimum Gasteiger partial charge on any atom is -0.0843 e. The van der Waals surface area contributed by atoms with E-state index in [1.807, 2.05) is 18.2 Å². The van der Waals surface area contributed by atoms with Crippen molar-refractivity contribution in [2.75, 3.05) is 0 Å². The molecule has 1 aromatic rings. The van der Waals surface area contributed by atoms with Crippen LogP contribution in [-0.4, -0.2) is 0 Å². The predicted octanol–water partition coefficient (Wildman–Crippen LogP) is 4.95. The van der Waals surface area contributed by atoms with Crippen molar-refractivity contribution in [1.29, 1.82) is 0 Å². The molecule has 0 amide bonds. The van der Waals surface area contributed by atoms with Gasteiger partial charge in [0, 0.05) is 10.0 Å². The van der Waals surface area contributed by atoms with E-state index in [0.717, 1.165) is 17.0 Å². The fraction of sp³-hybridized carbons (Fsp3) is 0.333. The highest BCUT2D eigenvalue weighted by Gasteiger charge is 2.09. The number of allylic oxidation sites excluding steroid dienone is 2. The highest BCUT2D eigenvalue weighted by molar-refractivity contribution is 6.35. The van der Waals surface area contributed by atoms with Crippen LogP contribution in [0.4, 0.5) is 0 Å². The van der Waals surface area contributed by atoms with Gasteiger partial charge in [-0.05, 0) is 49.0 Å². The molecule has 0 saturated heterocycles. The van der Waals surface area contributed by atoms with Crippen molar-refractivity contribution >= 4 is 28.8 Å². The first-order valence-electron chi connectivity index (χ1n) is 4.92. The molecule has 0 aromatic heterocycles. The lowest BCUT2D eigenvalue weighted by Gasteiger charge is -2.14. The Morgan fingerprint density at radius 3 is 2.57 bits per heavy atom. The third-order valence-electron chi connectivity index (χ3n) is 2.57. The molecule has 0 radical (unpaired) electrons. The first kappa shape index (κ1) is 10.1. The van der Waals surface area contributed by atoms with Gasteiger partial charge in [0.05, 0.1) is 0 Å². The molecule has 0 unspecified atom stereocenters. The third kappa shape index (κ3) is 2.13. The first-order valence-corrected chi connectivity index (χ1v) is 5.67. The Morgan fingerprint density at radius 2 is 1.93 bits per heavy atom. The van der Waals surface area contributed by atoms with E-state index in [-0.39, 0.29) is 0 Å². The second kappa shape index (κ2) is 4.37. The van der Waals surface area contributed by atoms with Crippen molar-refractivity contribution in [1.82, 2.24) is 0 Å². The molecule has 0 atom stereocenters. The van der Waals surface area contributed by atoms with Crippen LogP contribution in [-0.2, 0) is 0 Å². The van der Waals surface area contributed by atoms with Crippen molar-refractivity contribution in [2.24, 2.45) is 0 Å². The highest BCUT2D eigenvalue weighted by atomic mass is 35.5. The number of halogens is 2. The summed E-state index contributed by atoms with van der Waals surface area (Å²) in [5.74, 6) is 0. The Kier molecular flexibility index (Phi) is 3.15. The maximum atomic E-state index is 6.14. The Morgan fingerprint density at radius 1 is 1.07 bits per heavy atom. The standard InChI is InChI=1S/C12H12Cl2/c13-10-6-7-11(12(14)8-10)9-4-2-1-3-5-9/h4,6-8H,1-3,5H2. The average Bonchev–Trinajstić information content (AvgIpc) is 2.19. The molecule has 74 valence electrons. The summed E-state index contributed by atoms with van der Waals surface area (Å²) in [6.07, 6.45) is 7.17. The molecule has 0 spiro atoms. The summed E-state index contributed by atoms with van der Waals surface area (Å²) in [6.45, 7) is 0. The van der Waals surface area contributed by atoms with Crippen molar-refractivity contribution in [3.8, 4) is 0 Å². The lowest BCUT2D eigenvalue weighted by molar-refractivity contribution is 0.742. The largest absolute Gasteiger partial charge is 0.0843 e. The molecule has 0 bridgehead atoms. The van der Waals surface area contributed by atoms with Gasteiger partial charge in [-0.2, -0.15) is 0 Å². The van der Waals surface area contributed by atoms with Gasteiger partial charge in [0.1, 0.15) is 0 Å². The van der Waals surface area contributed by atoms with Crippen LogP contribution < -0.4 is 0 Å². The molecule has 1 aromatic carbocycles. The molecule has 0 fully saturated rings. The van der Waals surface area contributed by atoms with Crippen molar-refractivity contribution in [2.45, 2.75) is 25.7 Å². The van der Waals surface area contributed by atoms with E-state index in [1.54, 1.807) is 0 Å². The Balaban J connectivity index is 2.35. The second-order valence-corrected chi connectivity index (χ2v) is 4.44. The first-order chi connectivity index (χ1) is 6.77. The minimum atomic E-state index is 0.704. The fourth-order valence-corrected chi connectivity index (χ4v) is 2.36. The zero-order chi connectivity index (χ0) is 9.97. The number of benzene rings is 1. The lowest BCUT2D eigenvalue weighted by Crippen LogP contribution is -1.92. The van der Waals surface area contributed by atoms with Crippen molar-refractivity contribution < 1.29 is 0 Å². The van der Waals surface area contributed by atoms with Gasteiger partial charge in [0.2, 0.25) is 0 Å². The third-order valence-corrected chi connectivity index (χ3v) is 3.12. The number of hydrogen-bond donors (Lipinski definition) is 0. The van der Waals surface area contributed by atoms with Crippen LogP contribution in [0.15, 0.2) is 24.3 Å². The second-order valence-electron chi connectivity index (χ2n) is 3.60. The van der Waals surface area contributed by atoms with Crippen LogP contribution in [0.5, 0.6) is 0 Å². The van der Waals surface area contributed by atoms with E-state index < -0.39 is 0 Å². The molecule has 0 N–H and O–H groups in total. The number of hydrogen-bond acceptors (Lipinski definition) is 0. The SMILES string of the molecule is Clc1ccc(C2=CCCCC2)c(Cl)c1. The van der Waals surface area contributed by atoms with Crippen LogP contribution in [0.3, 0.4) is 0 Å². The Bertz CT molecular complexity index is 367. The van der Waals surface area contributed by atoms with Crippen LogP contribution in [0.25, 0.3) is 5.57 Å². The summed E-state index contributed by atoms with van der Waals surface area (Å²) in [5.41, 5.74) is 2.52. The van der Waals surface area contributed by atoms with Gasteiger partial charge in [-0.25, -0.2) is 0 Å². The van der Waals surface area contributed by atoms with E-state index in [1.165, 1.54) is 24.8 Å². The van der Waals surface area contributed by atoms with Crippen LogP contribution in [0.2, 0.25) is 10.0 Å². The summed E-state index contributed by atoms with van der Waals surface area (Å²) in [5, 5.41) is 1.47. The summed E-state index contributed by atoms with van der Waals surface area (Å²) in [4.78, 5) is 0. The molecule has 0 nitrogen and oxygen atoms in total. The van der Waals surface area contributed by atoms with E-state index in [4.69, 9.17) is 23.2 Å². The smallest absolute Gasteiger partial charge is 0.0495 e. The molecule has 0 aliphatic heterocycles. The minimum absolute atomic E-state index is 0.704. The summed E-state index contributed by atoms with van der Waals surface area (Å²) in [6, 6.07) is 5.73. The quantitative estimate of drug-likeness (QED) is 0.636. The van der Waals surface area contributed by atoms with Gasteiger partial charge >= 0.3 is 0 Å². The predicted molar refractivity (Wildman–Crippen MR) is 62.9 cm³/mol. The molecule has 1 aliphatic rings. The zero-order valence-electron chi connectivity index (χ0n) is 7.89. The highest BCUT2D eigenvalue weighted by Crippen LogP contribution is 2.32. The van der Waals surface area contributed by atoms with Gasteiger partial charge in [-0.15, -0.1) is 0 Å². The van der Waals surface area contributed by atoms with E-state index in [0.29, 0.717) is 5.02 Å². The normalized spacial score (nSPS) is 16.6. The molecule has 2 rings (SSSR count). The Labute approximate surface area is 94.5 Å². The summed E-state index contributed by atoms with van der Waals surface area (Å²) >= 11 is 12.0. The van der Waals surface area contributed by atoms with Gasteiger partial charge in [0.15, 0.2) is 0 Å². The number of rotatable bonds is 1. The van der Waals surface area contributed by atoms with E-state index in [2.05, 4.69) is 6.08 Å².